The van der Waals surface area contributed by atoms with Gasteiger partial charge in [0, 0.05) is 25.2 Å². The molecule has 1 saturated carbocycles. The van der Waals surface area contributed by atoms with Crippen molar-refractivity contribution in [2.45, 2.75) is 64.8 Å². The van der Waals surface area contributed by atoms with Crippen molar-refractivity contribution in [1.82, 2.24) is 9.88 Å². The minimum absolute atomic E-state index is 0.139. The highest BCUT2D eigenvalue weighted by Crippen LogP contribution is 2.23. The second-order valence-electron chi connectivity index (χ2n) is 6.47. The smallest absolute Gasteiger partial charge is 0.266 e. The molecule has 1 amide bonds. The van der Waals surface area contributed by atoms with Crippen LogP contribution in [0.5, 0.6) is 0 Å². The van der Waals surface area contributed by atoms with Gasteiger partial charge >= 0.3 is 0 Å². The van der Waals surface area contributed by atoms with Gasteiger partial charge in [0.15, 0.2) is 0 Å². The number of nitriles is 1. The molecular weight excluding hydrogens is 290 g/mol. The lowest BCUT2D eigenvalue weighted by molar-refractivity contribution is -0.132. The topological polar surface area (TPSA) is 77.0 Å². The van der Waals surface area contributed by atoms with Gasteiger partial charge in [-0.05, 0) is 44.2 Å². The Morgan fingerprint density at radius 2 is 1.96 bits per heavy atom. The van der Waals surface area contributed by atoms with Gasteiger partial charge in [0.1, 0.15) is 11.6 Å². The Labute approximate surface area is 137 Å². The summed E-state index contributed by atoms with van der Waals surface area (Å²) in [6, 6.07) is 2.32. The van der Waals surface area contributed by atoms with Gasteiger partial charge in [-0.15, -0.1) is 0 Å². The number of hydrogen-bond donors (Lipinski definition) is 1. The number of amides is 1. The van der Waals surface area contributed by atoms with Crippen LogP contribution in [-0.4, -0.2) is 28.9 Å². The third-order valence-electron chi connectivity index (χ3n) is 5.02. The number of aromatic nitrogens is 1. The van der Waals surface area contributed by atoms with Crippen molar-refractivity contribution in [3.8, 4) is 6.07 Å². The highest BCUT2D eigenvalue weighted by Gasteiger charge is 2.22. The number of nitrogens with one attached hydrogen (secondary N) is 1. The summed E-state index contributed by atoms with van der Waals surface area (Å²) in [5.74, 6) is 0.139. The molecule has 0 bridgehead atoms. The minimum atomic E-state index is -0.350. The predicted octanol–water partition coefficient (Wildman–Crippen LogP) is 2.59. The highest BCUT2D eigenvalue weighted by molar-refractivity contribution is 5.76. The minimum Gasteiger partial charge on any atom is -0.343 e. The molecule has 1 N–H and O–H groups in total. The van der Waals surface area contributed by atoms with Gasteiger partial charge < -0.3 is 9.88 Å². The summed E-state index contributed by atoms with van der Waals surface area (Å²) in [5, 5.41) is 9.11. The van der Waals surface area contributed by atoms with Crippen LogP contribution < -0.4 is 5.56 Å². The maximum absolute atomic E-state index is 12.4. The third kappa shape index (κ3) is 3.82. The number of aryl methyl sites for hydroxylation is 1. The quantitative estimate of drug-likeness (QED) is 0.927. The molecule has 23 heavy (non-hydrogen) atoms. The van der Waals surface area contributed by atoms with E-state index in [9.17, 15) is 9.59 Å². The second kappa shape index (κ2) is 7.45. The van der Waals surface area contributed by atoms with E-state index in [1.54, 1.807) is 6.92 Å². The summed E-state index contributed by atoms with van der Waals surface area (Å²) in [6.45, 7) is 3.60. The predicted molar refractivity (Wildman–Crippen MR) is 89.2 cm³/mol. The SMILES string of the molecule is Cc1[nH]c(=O)c(C#N)c(C)c1CCC(=O)N(C)C1CCCCC1. The Bertz CT molecular complexity index is 679. The molecule has 0 aromatic carbocycles. The summed E-state index contributed by atoms with van der Waals surface area (Å²) in [6.07, 6.45) is 6.82. The molecule has 124 valence electrons. The highest BCUT2D eigenvalue weighted by atomic mass is 16.2. The van der Waals surface area contributed by atoms with Gasteiger partial charge in [0.25, 0.3) is 5.56 Å². The molecule has 1 fully saturated rings. The van der Waals surface area contributed by atoms with E-state index < -0.39 is 0 Å². The molecule has 2 rings (SSSR count). The van der Waals surface area contributed by atoms with E-state index >= 15 is 0 Å². The van der Waals surface area contributed by atoms with Crippen LogP contribution in [0.3, 0.4) is 0 Å². The normalized spacial score (nSPS) is 15.2. The zero-order valence-corrected chi connectivity index (χ0v) is 14.2. The molecule has 0 aliphatic heterocycles. The Morgan fingerprint density at radius 1 is 1.30 bits per heavy atom. The van der Waals surface area contributed by atoms with E-state index in [1.165, 1.54) is 19.3 Å². The van der Waals surface area contributed by atoms with Gasteiger partial charge in [-0.2, -0.15) is 5.26 Å². The number of carbonyl (C=O) groups excluding carboxylic acids is 1. The summed E-state index contributed by atoms with van der Waals surface area (Å²) in [4.78, 5) is 28.8. The Morgan fingerprint density at radius 3 is 2.57 bits per heavy atom. The van der Waals surface area contributed by atoms with Gasteiger partial charge in [0.05, 0.1) is 0 Å². The van der Waals surface area contributed by atoms with Gasteiger partial charge in [-0.3, -0.25) is 9.59 Å². The molecule has 0 unspecified atom stereocenters. The Balaban J connectivity index is 2.07. The van der Waals surface area contributed by atoms with Crippen LogP contribution in [0.15, 0.2) is 4.79 Å². The van der Waals surface area contributed by atoms with Crippen molar-refractivity contribution in [2.75, 3.05) is 7.05 Å². The summed E-state index contributed by atoms with van der Waals surface area (Å²) in [7, 11) is 1.89. The first-order valence-corrected chi connectivity index (χ1v) is 8.33. The lowest BCUT2D eigenvalue weighted by Gasteiger charge is -2.31. The maximum atomic E-state index is 12.4. The van der Waals surface area contributed by atoms with E-state index in [1.807, 2.05) is 24.9 Å². The van der Waals surface area contributed by atoms with Crippen LogP contribution >= 0.6 is 0 Å². The van der Waals surface area contributed by atoms with E-state index in [0.717, 1.165) is 24.1 Å². The van der Waals surface area contributed by atoms with E-state index in [2.05, 4.69) is 4.98 Å². The number of aromatic amines is 1. The molecule has 1 aliphatic rings. The summed E-state index contributed by atoms with van der Waals surface area (Å²) >= 11 is 0. The zero-order chi connectivity index (χ0) is 17.0. The Kier molecular flexibility index (Phi) is 5.59. The lowest BCUT2D eigenvalue weighted by Crippen LogP contribution is -2.38. The van der Waals surface area contributed by atoms with Crippen molar-refractivity contribution >= 4 is 5.91 Å². The molecule has 1 aromatic rings. The molecule has 1 aliphatic carbocycles. The standard InChI is InChI=1S/C18H25N3O2/c1-12-15(13(2)20-18(23)16(12)11-19)9-10-17(22)21(3)14-7-5-4-6-8-14/h14H,4-10H2,1-3H3,(H,20,23). The first-order valence-electron chi connectivity index (χ1n) is 8.33. The fraction of sp³-hybridized carbons (Fsp3) is 0.611. The molecule has 5 heteroatoms. The van der Waals surface area contributed by atoms with Crippen molar-refractivity contribution in [3.05, 3.63) is 32.7 Å². The fourth-order valence-corrected chi connectivity index (χ4v) is 3.50. The van der Waals surface area contributed by atoms with E-state index in [-0.39, 0.29) is 17.0 Å². The van der Waals surface area contributed by atoms with Crippen LogP contribution in [0.25, 0.3) is 0 Å². The number of hydrogen-bond acceptors (Lipinski definition) is 3. The number of pyridine rings is 1. The molecule has 1 aromatic heterocycles. The Hall–Kier alpha value is -2.09. The molecule has 1 heterocycles. The molecule has 0 radical (unpaired) electrons. The molecular formula is C18H25N3O2. The van der Waals surface area contributed by atoms with Crippen LogP contribution in [0.2, 0.25) is 0 Å². The van der Waals surface area contributed by atoms with E-state index in [4.69, 9.17) is 5.26 Å². The summed E-state index contributed by atoms with van der Waals surface area (Å²) < 4.78 is 0. The average molecular weight is 315 g/mol. The largest absolute Gasteiger partial charge is 0.343 e. The van der Waals surface area contributed by atoms with Crippen molar-refractivity contribution in [1.29, 1.82) is 5.26 Å². The monoisotopic (exact) mass is 315 g/mol. The van der Waals surface area contributed by atoms with Crippen LogP contribution in [-0.2, 0) is 11.2 Å². The zero-order valence-electron chi connectivity index (χ0n) is 14.2. The fourth-order valence-electron chi connectivity index (χ4n) is 3.50. The number of rotatable bonds is 4. The van der Waals surface area contributed by atoms with Crippen molar-refractivity contribution in [3.63, 3.8) is 0 Å². The van der Waals surface area contributed by atoms with Gasteiger partial charge in [-0.25, -0.2) is 0 Å². The van der Waals surface area contributed by atoms with Crippen molar-refractivity contribution < 1.29 is 4.79 Å². The first-order chi connectivity index (χ1) is 11.0. The molecule has 0 saturated heterocycles. The lowest BCUT2D eigenvalue weighted by atomic mass is 9.94. The van der Waals surface area contributed by atoms with Crippen molar-refractivity contribution in [2.24, 2.45) is 0 Å². The average Bonchev–Trinajstić information content (AvgIpc) is 2.54. The molecule has 5 nitrogen and oxygen atoms in total. The van der Waals surface area contributed by atoms with E-state index in [0.29, 0.717) is 24.4 Å². The maximum Gasteiger partial charge on any atom is 0.266 e. The molecule has 0 spiro atoms. The number of nitrogens with zero attached hydrogens (tertiary/aromatic N) is 2. The van der Waals surface area contributed by atoms with Crippen LogP contribution in [0.1, 0.15) is 60.9 Å². The second-order valence-corrected chi connectivity index (χ2v) is 6.47. The third-order valence-corrected chi connectivity index (χ3v) is 5.02. The first kappa shape index (κ1) is 17.3. The van der Waals surface area contributed by atoms with Crippen LogP contribution in [0, 0.1) is 25.2 Å². The van der Waals surface area contributed by atoms with Gasteiger partial charge in [-0.1, -0.05) is 19.3 Å². The molecule has 0 atom stereocenters. The summed E-state index contributed by atoms with van der Waals surface area (Å²) in [5.41, 5.74) is 2.16. The van der Waals surface area contributed by atoms with Crippen LogP contribution in [0.4, 0.5) is 0 Å². The number of H-pyrrole nitrogens is 1. The number of carbonyl (C=O) groups is 1. The van der Waals surface area contributed by atoms with Gasteiger partial charge in [0.2, 0.25) is 5.91 Å².